The summed E-state index contributed by atoms with van der Waals surface area (Å²) in [6, 6.07) is 9.19. The second-order valence-electron chi connectivity index (χ2n) is 5.30. The molecule has 0 radical (unpaired) electrons. The van der Waals surface area contributed by atoms with Crippen LogP contribution in [0.2, 0.25) is 15.1 Å². The number of amides is 1. The molecule has 2 rings (SSSR count). The van der Waals surface area contributed by atoms with E-state index in [0.29, 0.717) is 16.3 Å². The summed E-state index contributed by atoms with van der Waals surface area (Å²) in [5.74, 6) is -0.505. The number of rotatable bonds is 5. The first-order valence-electron chi connectivity index (χ1n) is 7.09. The number of sulfonamides is 1. The van der Waals surface area contributed by atoms with Gasteiger partial charge < -0.3 is 5.32 Å². The van der Waals surface area contributed by atoms with E-state index in [9.17, 15) is 13.2 Å². The van der Waals surface area contributed by atoms with E-state index >= 15 is 0 Å². The summed E-state index contributed by atoms with van der Waals surface area (Å²) in [4.78, 5) is 12.0. The molecule has 134 valence electrons. The summed E-state index contributed by atoms with van der Waals surface area (Å²) in [6.07, 6.45) is 0. The molecule has 0 fully saturated rings. The van der Waals surface area contributed by atoms with Crippen LogP contribution in [0.3, 0.4) is 0 Å². The molecule has 0 saturated carbocycles. The topological polar surface area (TPSA) is 66.5 Å². The predicted molar refractivity (Wildman–Crippen MR) is 101 cm³/mol. The molecule has 0 spiro atoms. The van der Waals surface area contributed by atoms with Gasteiger partial charge in [0, 0.05) is 22.8 Å². The average molecular weight is 422 g/mol. The van der Waals surface area contributed by atoms with Crippen molar-refractivity contribution in [1.82, 2.24) is 4.31 Å². The summed E-state index contributed by atoms with van der Waals surface area (Å²) in [5, 5.41) is 3.41. The standard InChI is InChI=1S/C16H15Cl3N2O3S/c1-10-12(18)4-3-5-14(10)20-16(22)9-21(2)25(23,24)15-8-11(17)6-7-13(15)19/h3-8H,9H2,1-2H3,(H,20,22). The number of anilines is 1. The van der Waals surface area contributed by atoms with Crippen LogP contribution in [0.5, 0.6) is 0 Å². The highest BCUT2D eigenvalue weighted by molar-refractivity contribution is 7.89. The van der Waals surface area contributed by atoms with E-state index in [1.54, 1.807) is 25.1 Å². The number of benzene rings is 2. The van der Waals surface area contributed by atoms with Crippen molar-refractivity contribution in [3.8, 4) is 0 Å². The van der Waals surface area contributed by atoms with E-state index < -0.39 is 22.5 Å². The molecule has 0 aromatic heterocycles. The van der Waals surface area contributed by atoms with Gasteiger partial charge in [0.25, 0.3) is 0 Å². The number of hydrogen-bond donors (Lipinski definition) is 1. The molecule has 1 amide bonds. The Kier molecular flexibility index (Phi) is 6.35. The maximum Gasteiger partial charge on any atom is 0.244 e. The summed E-state index contributed by atoms with van der Waals surface area (Å²) >= 11 is 17.8. The molecule has 0 unspecified atom stereocenters. The summed E-state index contributed by atoms with van der Waals surface area (Å²) in [5.41, 5.74) is 1.21. The quantitative estimate of drug-likeness (QED) is 0.786. The van der Waals surface area contributed by atoms with Crippen molar-refractivity contribution in [2.45, 2.75) is 11.8 Å². The van der Waals surface area contributed by atoms with Crippen molar-refractivity contribution in [3.63, 3.8) is 0 Å². The van der Waals surface area contributed by atoms with Crippen LogP contribution in [0.1, 0.15) is 5.56 Å². The van der Waals surface area contributed by atoms with Crippen LogP contribution in [-0.4, -0.2) is 32.2 Å². The lowest BCUT2D eigenvalue weighted by Gasteiger charge is -2.18. The molecular formula is C16H15Cl3N2O3S. The molecule has 1 N–H and O–H groups in total. The first-order chi connectivity index (χ1) is 11.6. The monoisotopic (exact) mass is 420 g/mol. The highest BCUT2D eigenvalue weighted by Gasteiger charge is 2.26. The molecule has 9 heteroatoms. The van der Waals surface area contributed by atoms with Gasteiger partial charge in [0.1, 0.15) is 4.90 Å². The van der Waals surface area contributed by atoms with Crippen LogP contribution in [0.4, 0.5) is 5.69 Å². The van der Waals surface area contributed by atoms with Crippen LogP contribution in [-0.2, 0) is 14.8 Å². The van der Waals surface area contributed by atoms with Crippen molar-refractivity contribution < 1.29 is 13.2 Å². The summed E-state index contributed by atoms with van der Waals surface area (Å²) in [6.45, 7) is 1.36. The average Bonchev–Trinajstić information content (AvgIpc) is 2.53. The Balaban J connectivity index is 2.17. The van der Waals surface area contributed by atoms with E-state index in [-0.39, 0.29) is 14.9 Å². The zero-order chi connectivity index (χ0) is 18.8. The first kappa shape index (κ1) is 20.0. The van der Waals surface area contributed by atoms with Crippen LogP contribution in [0, 0.1) is 6.92 Å². The molecule has 25 heavy (non-hydrogen) atoms. The largest absolute Gasteiger partial charge is 0.325 e. The normalized spacial score (nSPS) is 11.6. The van der Waals surface area contributed by atoms with E-state index in [2.05, 4.69) is 5.32 Å². The third-order valence-corrected chi connectivity index (χ3v) is 6.42. The smallest absolute Gasteiger partial charge is 0.244 e. The lowest BCUT2D eigenvalue weighted by molar-refractivity contribution is -0.116. The van der Waals surface area contributed by atoms with Gasteiger partial charge in [-0.15, -0.1) is 0 Å². The van der Waals surface area contributed by atoms with Crippen molar-refractivity contribution in [3.05, 3.63) is 57.0 Å². The SMILES string of the molecule is Cc1c(Cl)cccc1NC(=O)CN(C)S(=O)(=O)c1cc(Cl)ccc1Cl. The van der Waals surface area contributed by atoms with Crippen LogP contribution < -0.4 is 5.32 Å². The van der Waals surface area contributed by atoms with Crippen LogP contribution >= 0.6 is 34.8 Å². The summed E-state index contributed by atoms with van der Waals surface area (Å²) < 4.78 is 26.1. The van der Waals surface area contributed by atoms with Crippen LogP contribution in [0.25, 0.3) is 0 Å². The zero-order valence-corrected chi connectivity index (χ0v) is 16.5. The Bertz CT molecular complexity index is 917. The molecule has 0 aliphatic heterocycles. The highest BCUT2D eigenvalue weighted by atomic mass is 35.5. The molecular weight excluding hydrogens is 407 g/mol. The highest BCUT2D eigenvalue weighted by Crippen LogP contribution is 2.27. The first-order valence-corrected chi connectivity index (χ1v) is 9.66. The fourth-order valence-corrected chi connectivity index (χ4v) is 4.10. The van der Waals surface area contributed by atoms with Crippen molar-refractivity contribution >= 4 is 56.4 Å². The number of carbonyl (C=O) groups excluding carboxylic acids is 1. The Morgan fingerprint density at radius 2 is 1.80 bits per heavy atom. The van der Waals surface area contributed by atoms with Crippen molar-refractivity contribution in [2.24, 2.45) is 0 Å². The summed E-state index contributed by atoms with van der Waals surface area (Å²) in [7, 11) is -2.68. The molecule has 0 aliphatic rings. The fraction of sp³-hybridized carbons (Fsp3) is 0.188. The second kappa shape index (κ2) is 7.93. The molecule has 2 aromatic rings. The number of nitrogens with one attached hydrogen (secondary N) is 1. The second-order valence-corrected chi connectivity index (χ2v) is 8.56. The van der Waals surface area contributed by atoms with Gasteiger partial charge in [-0.25, -0.2) is 8.42 Å². The van der Waals surface area contributed by atoms with Gasteiger partial charge in [0.15, 0.2) is 0 Å². The number of likely N-dealkylation sites (N-methyl/N-ethyl adjacent to an activating group) is 1. The maximum atomic E-state index is 12.6. The number of hydrogen-bond acceptors (Lipinski definition) is 3. The van der Waals surface area contributed by atoms with E-state index in [1.807, 2.05) is 0 Å². The molecule has 0 saturated heterocycles. The molecule has 0 bridgehead atoms. The third kappa shape index (κ3) is 4.65. The van der Waals surface area contributed by atoms with Gasteiger partial charge >= 0.3 is 0 Å². The number of halogens is 3. The Hall–Kier alpha value is -1.31. The van der Waals surface area contributed by atoms with Gasteiger partial charge in [-0.1, -0.05) is 40.9 Å². The zero-order valence-electron chi connectivity index (χ0n) is 13.4. The molecule has 0 aliphatic carbocycles. The Labute approximate surface area is 161 Å². The molecule has 2 aromatic carbocycles. The van der Waals surface area contributed by atoms with E-state index in [4.69, 9.17) is 34.8 Å². The Morgan fingerprint density at radius 1 is 1.12 bits per heavy atom. The van der Waals surface area contributed by atoms with Gasteiger partial charge in [-0.2, -0.15) is 4.31 Å². The predicted octanol–water partition coefficient (Wildman–Crippen LogP) is 4.21. The Morgan fingerprint density at radius 3 is 2.48 bits per heavy atom. The molecule has 0 atom stereocenters. The lowest BCUT2D eigenvalue weighted by Crippen LogP contribution is -2.35. The lowest BCUT2D eigenvalue weighted by atomic mass is 10.2. The van der Waals surface area contributed by atoms with Gasteiger partial charge in [0.05, 0.1) is 11.6 Å². The van der Waals surface area contributed by atoms with Crippen molar-refractivity contribution in [1.29, 1.82) is 0 Å². The fourth-order valence-electron chi connectivity index (χ4n) is 2.06. The van der Waals surface area contributed by atoms with Gasteiger partial charge in [-0.3, -0.25) is 4.79 Å². The van der Waals surface area contributed by atoms with Gasteiger partial charge in [-0.05, 0) is 42.8 Å². The molecule has 0 heterocycles. The van der Waals surface area contributed by atoms with Crippen molar-refractivity contribution in [2.75, 3.05) is 18.9 Å². The maximum absolute atomic E-state index is 12.6. The number of nitrogens with zero attached hydrogens (tertiary/aromatic N) is 1. The minimum Gasteiger partial charge on any atom is -0.325 e. The molecule has 5 nitrogen and oxygen atoms in total. The number of carbonyl (C=O) groups is 1. The van der Waals surface area contributed by atoms with Crippen LogP contribution in [0.15, 0.2) is 41.3 Å². The third-order valence-electron chi connectivity index (χ3n) is 3.49. The van der Waals surface area contributed by atoms with E-state index in [0.717, 1.165) is 4.31 Å². The van der Waals surface area contributed by atoms with E-state index in [1.165, 1.54) is 25.2 Å². The minimum atomic E-state index is -3.97. The van der Waals surface area contributed by atoms with Gasteiger partial charge in [0.2, 0.25) is 15.9 Å². The minimum absolute atomic E-state index is 0.0299.